The minimum atomic E-state index is -0.565. The topological polar surface area (TPSA) is 64.4 Å². The Morgan fingerprint density at radius 3 is 2.64 bits per heavy atom. The number of benzene rings is 2. The molecule has 1 saturated heterocycles. The van der Waals surface area contributed by atoms with Crippen LogP contribution < -0.4 is 9.64 Å². The van der Waals surface area contributed by atoms with Crippen molar-refractivity contribution in [2.24, 2.45) is 0 Å². The zero-order valence-corrected chi connectivity index (χ0v) is 15.9. The molecule has 0 aliphatic carbocycles. The van der Waals surface area contributed by atoms with Gasteiger partial charge in [0.15, 0.2) is 0 Å². The molecule has 2 aromatic carbocycles. The third kappa shape index (κ3) is 3.38. The maximum absolute atomic E-state index is 13.0. The van der Waals surface area contributed by atoms with Gasteiger partial charge in [0.2, 0.25) is 5.91 Å². The molecule has 6 nitrogen and oxygen atoms in total. The van der Waals surface area contributed by atoms with Crippen molar-refractivity contribution in [2.75, 3.05) is 11.5 Å². The van der Waals surface area contributed by atoms with Gasteiger partial charge in [-0.2, -0.15) is 0 Å². The van der Waals surface area contributed by atoms with Crippen molar-refractivity contribution in [3.63, 3.8) is 0 Å². The van der Waals surface area contributed by atoms with Crippen molar-refractivity contribution < 1.29 is 14.3 Å². The second kappa shape index (κ2) is 7.84. The molecule has 6 heteroatoms. The number of carbonyl (C=O) groups excluding carboxylic acids is 2. The lowest BCUT2D eigenvalue weighted by molar-refractivity contribution is -0.122. The van der Waals surface area contributed by atoms with Crippen LogP contribution >= 0.6 is 0 Å². The van der Waals surface area contributed by atoms with E-state index in [-0.39, 0.29) is 18.2 Å². The SMILES string of the molecule is CCCCCOc1ccc(N2C(=O)CC(n3cnc4ccccc43)C2=O)cc1. The van der Waals surface area contributed by atoms with Gasteiger partial charge in [-0.3, -0.25) is 9.59 Å². The number of nitrogens with zero attached hydrogens (tertiary/aromatic N) is 3. The molecule has 2 heterocycles. The standard InChI is InChI=1S/C22H23N3O3/c1-2-3-6-13-28-17-11-9-16(10-12-17)25-21(26)14-20(22(25)27)24-15-23-18-7-4-5-8-19(18)24/h4-5,7-12,15,20H,2-3,6,13-14H2,1H3. The molecule has 1 aliphatic rings. The Morgan fingerprint density at radius 1 is 1.07 bits per heavy atom. The van der Waals surface area contributed by atoms with Gasteiger partial charge in [0, 0.05) is 0 Å². The molecule has 3 aromatic rings. The van der Waals surface area contributed by atoms with Crippen molar-refractivity contribution in [3.8, 4) is 5.75 Å². The highest BCUT2D eigenvalue weighted by molar-refractivity contribution is 6.21. The third-order valence-corrected chi connectivity index (χ3v) is 5.05. The zero-order valence-electron chi connectivity index (χ0n) is 15.9. The summed E-state index contributed by atoms with van der Waals surface area (Å²) in [5.41, 5.74) is 2.24. The first-order chi connectivity index (χ1) is 13.7. The van der Waals surface area contributed by atoms with Crippen LogP contribution in [0.4, 0.5) is 5.69 Å². The van der Waals surface area contributed by atoms with Crippen molar-refractivity contribution in [1.29, 1.82) is 0 Å². The molecule has 1 atom stereocenters. The Kier molecular flexibility index (Phi) is 5.10. The number of ether oxygens (including phenoxy) is 1. The highest BCUT2D eigenvalue weighted by Gasteiger charge is 2.41. The summed E-state index contributed by atoms with van der Waals surface area (Å²) in [4.78, 5) is 31.2. The molecule has 2 amide bonds. The van der Waals surface area contributed by atoms with E-state index < -0.39 is 6.04 Å². The van der Waals surface area contributed by atoms with Gasteiger partial charge in [-0.25, -0.2) is 9.88 Å². The molecule has 144 valence electrons. The first-order valence-electron chi connectivity index (χ1n) is 9.70. The summed E-state index contributed by atoms with van der Waals surface area (Å²) >= 11 is 0. The fourth-order valence-corrected chi connectivity index (χ4v) is 3.56. The molecular weight excluding hydrogens is 354 g/mol. The van der Waals surface area contributed by atoms with E-state index in [2.05, 4.69) is 11.9 Å². The third-order valence-electron chi connectivity index (χ3n) is 5.05. The van der Waals surface area contributed by atoms with Gasteiger partial charge < -0.3 is 9.30 Å². The maximum Gasteiger partial charge on any atom is 0.257 e. The van der Waals surface area contributed by atoms with Crippen LogP contribution in [0.2, 0.25) is 0 Å². The monoisotopic (exact) mass is 377 g/mol. The van der Waals surface area contributed by atoms with E-state index in [1.165, 1.54) is 4.90 Å². The number of imide groups is 1. The zero-order chi connectivity index (χ0) is 19.5. The van der Waals surface area contributed by atoms with Gasteiger partial charge in [-0.1, -0.05) is 31.9 Å². The Labute approximate surface area is 163 Å². The minimum Gasteiger partial charge on any atom is -0.494 e. The van der Waals surface area contributed by atoms with Crippen LogP contribution in [-0.2, 0) is 9.59 Å². The molecule has 0 radical (unpaired) electrons. The van der Waals surface area contributed by atoms with Crippen LogP contribution in [0.5, 0.6) is 5.75 Å². The number of unbranched alkanes of at least 4 members (excludes halogenated alkanes) is 2. The number of amides is 2. The van der Waals surface area contributed by atoms with Gasteiger partial charge in [0.05, 0.1) is 36.1 Å². The number of aromatic nitrogens is 2. The Hall–Kier alpha value is -3.15. The Balaban J connectivity index is 1.51. The first-order valence-corrected chi connectivity index (χ1v) is 9.70. The largest absolute Gasteiger partial charge is 0.494 e. The second-order valence-corrected chi connectivity index (χ2v) is 6.98. The molecule has 1 unspecified atom stereocenters. The summed E-state index contributed by atoms with van der Waals surface area (Å²) < 4.78 is 7.50. The second-order valence-electron chi connectivity index (χ2n) is 6.98. The van der Waals surface area contributed by atoms with E-state index in [1.807, 2.05) is 36.4 Å². The lowest BCUT2D eigenvalue weighted by Crippen LogP contribution is -2.31. The Bertz CT molecular complexity index is 994. The van der Waals surface area contributed by atoms with E-state index in [4.69, 9.17) is 4.74 Å². The fourth-order valence-electron chi connectivity index (χ4n) is 3.56. The van der Waals surface area contributed by atoms with E-state index in [0.717, 1.165) is 36.0 Å². The number of fused-ring (bicyclic) bond motifs is 1. The van der Waals surface area contributed by atoms with Crippen molar-refractivity contribution in [2.45, 2.75) is 38.6 Å². The van der Waals surface area contributed by atoms with Crippen LogP contribution in [0.15, 0.2) is 54.9 Å². The number of carbonyl (C=O) groups is 2. The molecule has 4 rings (SSSR count). The van der Waals surface area contributed by atoms with Gasteiger partial charge >= 0.3 is 0 Å². The number of anilines is 1. The van der Waals surface area contributed by atoms with Gasteiger partial charge in [0.1, 0.15) is 11.8 Å². The van der Waals surface area contributed by atoms with Crippen molar-refractivity contribution in [3.05, 3.63) is 54.9 Å². The molecule has 0 spiro atoms. The lowest BCUT2D eigenvalue weighted by Gasteiger charge is -2.16. The van der Waals surface area contributed by atoms with E-state index in [9.17, 15) is 9.59 Å². The highest BCUT2D eigenvalue weighted by atomic mass is 16.5. The van der Waals surface area contributed by atoms with Gasteiger partial charge in [-0.05, 0) is 42.8 Å². The molecule has 0 bridgehead atoms. The first kappa shape index (κ1) is 18.2. The molecule has 0 saturated carbocycles. The van der Waals surface area contributed by atoms with Crippen molar-refractivity contribution in [1.82, 2.24) is 9.55 Å². The predicted octanol–water partition coefficient (Wildman–Crippen LogP) is 4.11. The highest BCUT2D eigenvalue weighted by Crippen LogP contribution is 2.32. The number of hydrogen-bond donors (Lipinski definition) is 0. The van der Waals surface area contributed by atoms with E-state index >= 15 is 0 Å². The van der Waals surface area contributed by atoms with E-state index in [0.29, 0.717) is 12.3 Å². The van der Waals surface area contributed by atoms with Gasteiger partial charge in [-0.15, -0.1) is 0 Å². The summed E-state index contributed by atoms with van der Waals surface area (Å²) in [5.74, 6) is 0.310. The quantitative estimate of drug-likeness (QED) is 0.459. The molecule has 0 N–H and O–H groups in total. The number of rotatable bonds is 7. The average molecular weight is 377 g/mol. The summed E-state index contributed by atoms with van der Waals surface area (Å²) in [6.07, 6.45) is 5.07. The van der Waals surface area contributed by atoms with Crippen LogP contribution in [-0.4, -0.2) is 28.0 Å². The number of hydrogen-bond acceptors (Lipinski definition) is 4. The predicted molar refractivity (Wildman–Crippen MR) is 107 cm³/mol. The summed E-state index contributed by atoms with van der Waals surface area (Å²) in [6.45, 7) is 2.82. The van der Waals surface area contributed by atoms with Crippen LogP contribution in [0.1, 0.15) is 38.6 Å². The normalized spacial score (nSPS) is 16.9. The summed E-state index contributed by atoms with van der Waals surface area (Å²) in [7, 11) is 0. The molecule has 1 aromatic heterocycles. The number of para-hydroxylation sites is 2. The van der Waals surface area contributed by atoms with Crippen LogP contribution in [0.25, 0.3) is 11.0 Å². The maximum atomic E-state index is 13.0. The summed E-state index contributed by atoms with van der Waals surface area (Å²) in [5, 5.41) is 0. The van der Waals surface area contributed by atoms with Crippen LogP contribution in [0.3, 0.4) is 0 Å². The summed E-state index contributed by atoms with van der Waals surface area (Å²) in [6, 6.07) is 14.2. The van der Waals surface area contributed by atoms with Gasteiger partial charge in [0.25, 0.3) is 5.91 Å². The fraction of sp³-hybridized carbons (Fsp3) is 0.318. The number of imidazole rings is 1. The smallest absolute Gasteiger partial charge is 0.257 e. The Morgan fingerprint density at radius 2 is 1.86 bits per heavy atom. The average Bonchev–Trinajstić information content (AvgIpc) is 3.26. The molecule has 28 heavy (non-hydrogen) atoms. The van der Waals surface area contributed by atoms with Crippen molar-refractivity contribution >= 4 is 28.5 Å². The lowest BCUT2D eigenvalue weighted by atomic mass is 10.2. The molecular formula is C22H23N3O3. The molecule has 1 fully saturated rings. The molecule has 1 aliphatic heterocycles. The minimum absolute atomic E-state index is 0.133. The van der Waals surface area contributed by atoms with E-state index in [1.54, 1.807) is 23.0 Å². The van der Waals surface area contributed by atoms with Crippen LogP contribution in [0, 0.1) is 0 Å².